The molecule has 2 amide bonds. The molecule has 1 fully saturated rings. The highest BCUT2D eigenvalue weighted by Gasteiger charge is 2.34. The molecular weight excluding hydrogens is 499 g/mol. The van der Waals surface area contributed by atoms with Gasteiger partial charge in [0.05, 0.1) is 28.3 Å². The van der Waals surface area contributed by atoms with Crippen LogP contribution in [-0.4, -0.2) is 74.3 Å². The molecule has 0 aliphatic carbocycles. The number of halogens is 4. The fraction of sp³-hybridized carbons (Fsp3) is 0.417. The summed E-state index contributed by atoms with van der Waals surface area (Å²) >= 11 is 6.33. The Bertz CT molecular complexity index is 1300. The van der Waals surface area contributed by atoms with Gasteiger partial charge in [0.1, 0.15) is 12.2 Å². The summed E-state index contributed by atoms with van der Waals surface area (Å²) in [5.74, 6) is -0.333. The van der Waals surface area contributed by atoms with E-state index >= 15 is 0 Å². The molecule has 0 unspecified atom stereocenters. The summed E-state index contributed by atoms with van der Waals surface area (Å²) in [6.45, 7) is 4.53. The van der Waals surface area contributed by atoms with Crippen molar-refractivity contribution in [3.8, 4) is 11.3 Å². The van der Waals surface area contributed by atoms with Gasteiger partial charge in [-0.3, -0.25) is 14.3 Å². The van der Waals surface area contributed by atoms with Crippen LogP contribution >= 0.6 is 11.6 Å². The number of pyridine rings is 1. The van der Waals surface area contributed by atoms with E-state index in [1.165, 1.54) is 22.9 Å². The van der Waals surface area contributed by atoms with Crippen molar-refractivity contribution >= 4 is 34.3 Å². The molecule has 0 radical (unpaired) electrons. The Kier molecular flexibility index (Phi) is 6.98. The number of hydrogen-bond donors (Lipinski definition) is 1. The van der Waals surface area contributed by atoms with Gasteiger partial charge in [0.25, 0.3) is 0 Å². The molecule has 0 bridgehead atoms. The lowest BCUT2D eigenvalue weighted by molar-refractivity contribution is -0.147. The van der Waals surface area contributed by atoms with Crippen molar-refractivity contribution in [2.24, 2.45) is 5.41 Å². The smallest absolute Gasteiger partial charge is 0.395 e. The summed E-state index contributed by atoms with van der Waals surface area (Å²) < 4.78 is 40.7. The number of rotatable bonds is 5. The Balaban J connectivity index is 1.47. The maximum Gasteiger partial charge on any atom is 0.433 e. The molecule has 0 saturated carbocycles. The Morgan fingerprint density at radius 1 is 1.08 bits per heavy atom. The number of piperazine rings is 1. The van der Waals surface area contributed by atoms with Crippen LogP contribution in [0.3, 0.4) is 0 Å². The third-order valence-corrected chi connectivity index (χ3v) is 6.46. The van der Waals surface area contributed by atoms with Crippen LogP contribution in [0.1, 0.15) is 19.5 Å². The fourth-order valence-electron chi connectivity index (χ4n) is 4.01. The molecule has 1 N–H and O–H groups in total. The number of aliphatic hydroxyl groups is 1. The van der Waals surface area contributed by atoms with E-state index < -0.39 is 17.3 Å². The Morgan fingerprint density at radius 3 is 2.39 bits per heavy atom. The van der Waals surface area contributed by atoms with Crippen molar-refractivity contribution in [1.82, 2.24) is 24.6 Å². The number of hydrogen-bond acceptors (Lipinski definition) is 5. The number of nitrogens with zero attached hydrogens (tertiary/aromatic N) is 5. The molecule has 192 valence electrons. The number of carbonyl (C=O) groups excluding carboxylic acids is 2. The Labute approximate surface area is 210 Å². The van der Waals surface area contributed by atoms with E-state index in [1.54, 1.807) is 35.9 Å². The number of aromatic nitrogens is 3. The van der Waals surface area contributed by atoms with Crippen molar-refractivity contribution in [1.29, 1.82) is 0 Å². The number of aliphatic hydroxyl groups excluding tert-OH is 1. The van der Waals surface area contributed by atoms with Gasteiger partial charge in [0.2, 0.25) is 11.8 Å². The molecule has 0 atom stereocenters. The van der Waals surface area contributed by atoms with Gasteiger partial charge in [0.15, 0.2) is 0 Å². The molecule has 4 rings (SSSR count). The summed E-state index contributed by atoms with van der Waals surface area (Å²) in [6, 6.07) is 6.74. The van der Waals surface area contributed by atoms with Gasteiger partial charge in [-0.25, -0.2) is 4.98 Å². The number of carbonyl (C=O) groups is 2. The first-order valence-electron chi connectivity index (χ1n) is 11.3. The average molecular weight is 524 g/mol. The van der Waals surface area contributed by atoms with Crippen molar-refractivity contribution in [3.05, 3.63) is 47.2 Å². The van der Waals surface area contributed by atoms with Crippen LogP contribution in [0.4, 0.5) is 13.2 Å². The van der Waals surface area contributed by atoms with Crippen LogP contribution in [0.5, 0.6) is 0 Å². The average Bonchev–Trinajstić information content (AvgIpc) is 3.23. The topological polar surface area (TPSA) is 91.6 Å². The number of alkyl halides is 3. The maximum atomic E-state index is 13.1. The summed E-state index contributed by atoms with van der Waals surface area (Å²) in [7, 11) is 0. The molecular formula is C24H25ClF3N5O3. The van der Waals surface area contributed by atoms with Crippen LogP contribution < -0.4 is 0 Å². The molecule has 2 aromatic heterocycles. The molecule has 0 spiro atoms. The summed E-state index contributed by atoms with van der Waals surface area (Å²) in [4.78, 5) is 32.4. The second-order valence-electron chi connectivity index (χ2n) is 9.34. The zero-order valence-electron chi connectivity index (χ0n) is 19.7. The second-order valence-corrected chi connectivity index (χ2v) is 9.75. The maximum absolute atomic E-state index is 13.1. The van der Waals surface area contributed by atoms with Gasteiger partial charge in [-0.1, -0.05) is 17.7 Å². The van der Waals surface area contributed by atoms with E-state index in [2.05, 4.69) is 10.1 Å². The normalized spacial score (nSPS) is 15.0. The Hall–Kier alpha value is -3.18. The van der Waals surface area contributed by atoms with Gasteiger partial charge < -0.3 is 14.9 Å². The summed E-state index contributed by atoms with van der Waals surface area (Å²) in [5.41, 5.74) is -0.986. The van der Waals surface area contributed by atoms with E-state index in [9.17, 15) is 27.9 Å². The van der Waals surface area contributed by atoms with Crippen LogP contribution in [0.2, 0.25) is 5.02 Å². The molecule has 1 saturated heterocycles. The highest BCUT2D eigenvalue weighted by atomic mass is 35.5. The lowest BCUT2D eigenvalue weighted by Gasteiger charge is -2.38. The molecule has 12 heteroatoms. The summed E-state index contributed by atoms with van der Waals surface area (Å²) in [5, 5.41) is 14.6. The molecule has 3 heterocycles. The first-order chi connectivity index (χ1) is 16.9. The van der Waals surface area contributed by atoms with Gasteiger partial charge in [-0.05, 0) is 38.1 Å². The minimum atomic E-state index is -4.58. The number of amides is 2. The van der Waals surface area contributed by atoms with Crippen molar-refractivity contribution in [2.75, 3.05) is 32.8 Å². The fourth-order valence-corrected chi connectivity index (χ4v) is 4.27. The lowest BCUT2D eigenvalue weighted by atomic mass is 9.92. The molecule has 1 aromatic carbocycles. The minimum absolute atomic E-state index is 0.0421. The summed E-state index contributed by atoms with van der Waals surface area (Å²) in [6.07, 6.45) is -2.95. The predicted molar refractivity (Wildman–Crippen MR) is 127 cm³/mol. The molecule has 8 nitrogen and oxygen atoms in total. The Morgan fingerprint density at radius 2 is 1.75 bits per heavy atom. The van der Waals surface area contributed by atoms with Gasteiger partial charge in [-0.15, -0.1) is 0 Å². The standard InChI is InChI=1S/C24H25ClF3N5O3/c1-23(2,14-34)22(36)32-8-6-31(7-9-32)21(35)13-33-12-15-10-16(17(25)11-19(15)30-33)18-4-3-5-20(29-18)24(26,27)28/h3-5,10-12,34H,6-9,13-14H2,1-2H3. The van der Waals surface area contributed by atoms with Crippen LogP contribution in [0.25, 0.3) is 22.2 Å². The molecule has 1 aliphatic rings. The van der Waals surface area contributed by atoms with Crippen LogP contribution in [0, 0.1) is 5.41 Å². The quantitative estimate of drug-likeness (QED) is 0.553. The lowest BCUT2D eigenvalue weighted by Crippen LogP contribution is -2.54. The van der Waals surface area contributed by atoms with Gasteiger partial charge in [-0.2, -0.15) is 18.3 Å². The van der Waals surface area contributed by atoms with E-state index in [0.29, 0.717) is 42.6 Å². The third-order valence-electron chi connectivity index (χ3n) is 6.15. The SMILES string of the molecule is CC(C)(CO)C(=O)N1CCN(C(=O)Cn2cc3cc(-c4cccc(C(F)(F)F)n4)c(Cl)cc3n2)CC1. The third kappa shape index (κ3) is 5.31. The highest BCUT2D eigenvalue weighted by molar-refractivity contribution is 6.34. The van der Waals surface area contributed by atoms with Crippen molar-refractivity contribution < 1.29 is 27.9 Å². The first-order valence-corrected chi connectivity index (χ1v) is 11.7. The van der Waals surface area contributed by atoms with Crippen LogP contribution in [-0.2, 0) is 22.3 Å². The van der Waals surface area contributed by atoms with Gasteiger partial charge >= 0.3 is 6.18 Å². The van der Waals surface area contributed by atoms with E-state index in [4.69, 9.17) is 11.6 Å². The highest BCUT2D eigenvalue weighted by Crippen LogP contribution is 2.34. The van der Waals surface area contributed by atoms with Gasteiger partial charge in [0, 0.05) is 43.3 Å². The molecule has 36 heavy (non-hydrogen) atoms. The zero-order valence-corrected chi connectivity index (χ0v) is 20.5. The van der Waals surface area contributed by atoms with Crippen LogP contribution in [0.15, 0.2) is 36.5 Å². The van der Waals surface area contributed by atoms with E-state index in [-0.39, 0.29) is 35.7 Å². The van der Waals surface area contributed by atoms with Crippen molar-refractivity contribution in [2.45, 2.75) is 26.6 Å². The van der Waals surface area contributed by atoms with E-state index in [0.717, 1.165) is 6.07 Å². The molecule has 3 aromatic rings. The zero-order chi connectivity index (χ0) is 26.3. The largest absolute Gasteiger partial charge is 0.433 e. The van der Waals surface area contributed by atoms with Crippen molar-refractivity contribution in [3.63, 3.8) is 0 Å². The monoisotopic (exact) mass is 523 g/mol. The second kappa shape index (κ2) is 9.70. The molecule has 1 aliphatic heterocycles. The minimum Gasteiger partial charge on any atom is -0.395 e. The number of benzene rings is 1. The first kappa shape index (κ1) is 25.9. The number of fused-ring (bicyclic) bond motifs is 1. The predicted octanol–water partition coefficient (Wildman–Crippen LogP) is 3.46. The van der Waals surface area contributed by atoms with E-state index in [1.807, 2.05) is 0 Å².